The minimum absolute atomic E-state index is 0.0119. The maximum Gasteiger partial charge on any atom is 0.509 e. The average Bonchev–Trinajstić information content (AvgIpc) is 3.67. The number of hydrogen-bond donors (Lipinski definition) is 0. The first-order valence-corrected chi connectivity index (χ1v) is 14.1. The van der Waals surface area contributed by atoms with E-state index < -0.39 is 40.9 Å². The van der Waals surface area contributed by atoms with Gasteiger partial charge in [-0.3, -0.25) is 19.2 Å². The fourth-order valence-corrected chi connectivity index (χ4v) is 7.86. The number of hydrogen-bond acceptors (Lipinski definition) is 8. The Morgan fingerprint density at radius 3 is 2.53 bits per heavy atom. The van der Waals surface area contributed by atoms with Crippen molar-refractivity contribution in [2.24, 2.45) is 34.5 Å². The molecule has 6 atom stereocenters. The second-order valence-electron chi connectivity index (χ2n) is 12.3. The molecular formula is C30H38O8. The number of fused-ring (bicyclic) bond motifs is 5. The standard InChI is InChI=1S/C30H38O8/c1-4-5-14-36-27(35)38-30(24(33)17-37-26(34)18-6-7-18)13-11-22-21-9-8-19-15-20(31)10-12-28(19,2)25(21)23(32)16-29(22,30)3/h10,12,15,18,21-22,25H,4-9,11,13-14,16-17H2,1-3H3/t21-,22-,25+,28-,29-,30-/m0/s1. The average molecular weight is 527 g/mol. The number of ether oxygens (including phenoxy) is 3. The topological polar surface area (TPSA) is 113 Å². The van der Waals surface area contributed by atoms with Gasteiger partial charge in [0.15, 0.2) is 18.0 Å². The highest BCUT2D eigenvalue weighted by atomic mass is 16.7. The zero-order chi connectivity index (χ0) is 27.3. The van der Waals surface area contributed by atoms with Gasteiger partial charge >= 0.3 is 12.1 Å². The lowest BCUT2D eigenvalue weighted by molar-refractivity contribution is -0.176. The molecular weight excluding hydrogens is 488 g/mol. The summed E-state index contributed by atoms with van der Waals surface area (Å²) in [5.41, 5.74) is -2.11. The van der Waals surface area contributed by atoms with Crippen LogP contribution in [0.2, 0.25) is 0 Å². The van der Waals surface area contributed by atoms with Crippen LogP contribution in [-0.4, -0.2) is 48.3 Å². The molecule has 8 nitrogen and oxygen atoms in total. The van der Waals surface area contributed by atoms with Gasteiger partial charge in [-0.2, -0.15) is 0 Å². The number of carbonyl (C=O) groups excluding carboxylic acids is 5. The Morgan fingerprint density at radius 1 is 1.05 bits per heavy atom. The number of esters is 1. The Kier molecular flexibility index (Phi) is 6.89. The summed E-state index contributed by atoms with van der Waals surface area (Å²) in [5, 5.41) is 0. The Morgan fingerprint density at radius 2 is 1.82 bits per heavy atom. The van der Waals surface area contributed by atoms with Gasteiger partial charge in [0.1, 0.15) is 5.78 Å². The highest BCUT2D eigenvalue weighted by Gasteiger charge is 2.70. The van der Waals surface area contributed by atoms with E-state index in [9.17, 15) is 24.0 Å². The van der Waals surface area contributed by atoms with Crippen LogP contribution in [0.3, 0.4) is 0 Å². The molecule has 0 aromatic rings. The Bertz CT molecular complexity index is 1120. The zero-order valence-electron chi connectivity index (χ0n) is 22.6. The van der Waals surface area contributed by atoms with Gasteiger partial charge in [0.25, 0.3) is 0 Å². The molecule has 0 spiro atoms. The molecule has 0 aromatic heterocycles. The Labute approximate surface area is 223 Å². The SMILES string of the molecule is CCCCOC(=O)O[C@]1(C(=O)COC(=O)C2CC2)CC[C@H]2[C@@H]3CCC4=CC(=O)C=C[C@]4(C)[C@H]3C(=O)C[C@@]21C. The van der Waals surface area contributed by atoms with Gasteiger partial charge in [-0.1, -0.05) is 38.8 Å². The lowest BCUT2D eigenvalue weighted by atomic mass is 9.46. The maximum absolute atomic E-state index is 14.0. The summed E-state index contributed by atoms with van der Waals surface area (Å²) in [4.78, 5) is 65.0. The van der Waals surface area contributed by atoms with Crippen LogP contribution in [0.15, 0.2) is 23.8 Å². The third-order valence-electron chi connectivity index (χ3n) is 10.1. The number of rotatable bonds is 8. The third-order valence-corrected chi connectivity index (χ3v) is 10.1. The minimum atomic E-state index is -1.61. The fourth-order valence-electron chi connectivity index (χ4n) is 7.86. The van der Waals surface area contributed by atoms with Crippen molar-refractivity contribution in [1.29, 1.82) is 0 Å². The van der Waals surface area contributed by atoms with Gasteiger partial charge in [-0.05, 0) is 68.9 Å². The van der Waals surface area contributed by atoms with Crippen molar-refractivity contribution in [1.82, 2.24) is 0 Å². The van der Waals surface area contributed by atoms with Crippen molar-refractivity contribution >= 4 is 29.5 Å². The third kappa shape index (κ3) is 4.24. The van der Waals surface area contributed by atoms with Gasteiger partial charge in [0.2, 0.25) is 5.78 Å². The Hall–Kier alpha value is -2.77. The first-order valence-electron chi connectivity index (χ1n) is 14.1. The maximum atomic E-state index is 14.0. The van der Waals surface area contributed by atoms with E-state index in [0.29, 0.717) is 19.3 Å². The van der Waals surface area contributed by atoms with Gasteiger partial charge in [-0.15, -0.1) is 0 Å². The second-order valence-corrected chi connectivity index (χ2v) is 12.3. The van der Waals surface area contributed by atoms with E-state index in [1.165, 1.54) is 0 Å². The molecule has 5 aliphatic carbocycles. The molecule has 0 unspecified atom stereocenters. The molecule has 0 N–H and O–H groups in total. The van der Waals surface area contributed by atoms with E-state index in [-0.39, 0.29) is 54.7 Å². The Balaban J connectivity index is 1.45. The summed E-state index contributed by atoms with van der Waals surface area (Å²) in [6.45, 7) is 5.58. The van der Waals surface area contributed by atoms with Crippen molar-refractivity contribution in [2.75, 3.05) is 13.2 Å². The molecule has 4 fully saturated rings. The zero-order valence-corrected chi connectivity index (χ0v) is 22.6. The van der Waals surface area contributed by atoms with E-state index in [1.807, 2.05) is 26.8 Å². The van der Waals surface area contributed by atoms with Crippen LogP contribution in [0.1, 0.15) is 78.6 Å². The summed E-state index contributed by atoms with van der Waals surface area (Å²) in [6, 6.07) is 0. The molecule has 5 aliphatic rings. The lowest BCUT2D eigenvalue weighted by Crippen LogP contribution is -2.62. The van der Waals surface area contributed by atoms with Crippen LogP contribution in [0.25, 0.3) is 0 Å². The molecule has 38 heavy (non-hydrogen) atoms. The van der Waals surface area contributed by atoms with E-state index in [4.69, 9.17) is 14.2 Å². The predicted octanol–water partition coefficient (Wildman–Crippen LogP) is 4.69. The molecule has 206 valence electrons. The largest absolute Gasteiger partial charge is 0.509 e. The molecule has 0 aliphatic heterocycles. The van der Waals surface area contributed by atoms with Gasteiger partial charge in [0.05, 0.1) is 12.5 Å². The first-order chi connectivity index (χ1) is 18.1. The number of unbranched alkanes of at least 4 members (excludes halogenated alkanes) is 1. The lowest BCUT2D eigenvalue weighted by Gasteiger charge is -2.57. The molecule has 0 heterocycles. The van der Waals surface area contributed by atoms with Crippen LogP contribution >= 0.6 is 0 Å². The number of allylic oxidation sites excluding steroid dienone is 4. The molecule has 0 radical (unpaired) electrons. The van der Waals surface area contributed by atoms with E-state index >= 15 is 0 Å². The van der Waals surface area contributed by atoms with Crippen molar-refractivity contribution in [3.8, 4) is 0 Å². The normalized spacial score (nSPS) is 37.4. The van der Waals surface area contributed by atoms with Crippen LogP contribution in [0.5, 0.6) is 0 Å². The van der Waals surface area contributed by atoms with Crippen molar-refractivity contribution in [2.45, 2.75) is 84.2 Å². The quantitative estimate of drug-likeness (QED) is 0.331. The molecule has 0 bridgehead atoms. The minimum Gasteiger partial charge on any atom is -0.457 e. The van der Waals surface area contributed by atoms with Gasteiger partial charge < -0.3 is 14.2 Å². The number of ketones is 3. The van der Waals surface area contributed by atoms with E-state index in [0.717, 1.165) is 31.3 Å². The molecule has 4 saturated carbocycles. The van der Waals surface area contributed by atoms with Crippen molar-refractivity contribution < 1.29 is 38.2 Å². The van der Waals surface area contributed by atoms with Crippen LogP contribution < -0.4 is 0 Å². The summed E-state index contributed by atoms with van der Waals surface area (Å²) in [6.07, 6.45) is 9.54. The summed E-state index contributed by atoms with van der Waals surface area (Å²) in [7, 11) is 0. The number of carbonyl (C=O) groups is 5. The summed E-state index contributed by atoms with van der Waals surface area (Å²) in [5.74, 6) is -1.48. The van der Waals surface area contributed by atoms with E-state index in [2.05, 4.69) is 0 Å². The first kappa shape index (κ1) is 26.8. The molecule has 5 rings (SSSR count). The molecule has 0 saturated heterocycles. The highest BCUT2D eigenvalue weighted by Crippen LogP contribution is 2.67. The predicted molar refractivity (Wildman–Crippen MR) is 136 cm³/mol. The van der Waals surface area contributed by atoms with Crippen LogP contribution in [0.4, 0.5) is 4.79 Å². The highest BCUT2D eigenvalue weighted by molar-refractivity contribution is 6.02. The van der Waals surface area contributed by atoms with Crippen LogP contribution in [0, 0.1) is 34.5 Å². The summed E-state index contributed by atoms with van der Waals surface area (Å²) >= 11 is 0. The number of Topliss-reactive ketones (excluding diaryl/α,β-unsaturated/α-hetero) is 2. The van der Waals surface area contributed by atoms with Crippen molar-refractivity contribution in [3.05, 3.63) is 23.8 Å². The molecule has 8 heteroatoms. The fraction of sp³-hybridized carbons (Fsp3) is 0.700. The monoisotopic (exact) mass is 526 g/mol. The second kappa shape index (κ2) is 9.76. The van der Waals surface area contributed by atoms with Crippen molar-refractivity contribution in [3.63, 3.8) is 0 Å². The molecule has 0 aromatic carbocycles. The summed E-state index contributed by atoms with van der Waals surface area (Å²) < 4.78 is 16.6. The smallest absolute Gasteiger partial charge is 0.457 e. The molecule has 0 amide bonds. The van der Waals surface area contributed by atoms with Gasteiger partial charge in [0, 0.05) is 23.2 Å². The van der Waals surface area contributed by atoms with Crippen LogP contribution in [-0.2, 0) is 33.4 Å². The van der Waals surface area contributed by atoms with Gasteiger partial charge in [-0.25, -0.2) is 4.79 Å². The van der Waals surface area contributed by atoms with E-state index in [1.54, 1.807) is 12.2 Å².